The maximum atomic E-state index is 13.5. The Morgan fingerprint density at radius 3 is 2.26 bits per heavy atom. The lowest BCUT2D eigenvalue weighted by Crippen LogP contribution is -2.48. The first-order chi connectivity index (χ1) is 14.1. The van der Waals surface area contributed by atoms with Gasteiger partial charge in [0, 0.05) is 17.8 Å². The monoisotopic (exact) mass is 446 g/mol. The first-order valence-electron chi connectivity index (χ1n) is 8.86. The molecule has 1 N–H and O–H groups in total. The lowest BCUT2D eigenvalue weighted by molar-refractivity contribution is -0.173. The van der Waals surface area contributed by atoms with E-state index in [0.29, 0.717) is 0 Å². The number of pyridine rings is 1. The normalized spacial score (nSPS) is 15.9. The van der Waals surface area contributed by atoms with Crippen molar-refractivity contribution in [2.75, 3.05) is 0 Å². The molecule has 0 fully saturated rings. The molecule has 3 rings (SSSR count). The zero-order valence-electron chi connectivity index (χ0n) is 16.4. The molecule has 0 aliphatic carbocycles. The van der Waals surface area contributed by atoms with Crippen molar-refractivity contribution in [1.82, 2.24) is 9.88 Å². The molecule has 5 nitrogen and oxygen atoms in total. The number of hydrogen-bond acceptors (Lipinski definition) is 3. The van der Waals surface area contributed by atoms with Crippen LogP contribution in [-0.2, 0) is 11.0 Å². The Morgan fingerprint density at radius 1 is 1.06 bits per heavy atom. The molecule has 0 spiro atoms. The highest BCUT2D eigenvalue weighted by Crippen LogP contribution is 2.45. The van der Waals surface area contributed by atoms with Crippen LogP contribution in [0.25, 0.3) is 5.70 Å². The molecule has 166 valence electrons. The number of aromatic nitrogens is 1. The standard InChI is InChI=1S/C20H16F6N2O3/c1-10-11(19(21,22)23)7-8-12-14(10)15(28-9-5-4-6-13(28)29)16(18(2,3)31-12)27-17(30)20(24,25)26/h4-9H,1-3H3,(H,27,30). The van der Waals surface area contributed by atoms with Crippen LogP contribution in [0.15, 0.2) is 47.0 Å². The molecule has 0 bridgehead atoms. The number of alkyl halides is 6. The number of amides is 1. The third-order valence-corrected chi connectivity index (χ3v) is 4.73. The average molecular weight is 446 g/mol. The van der Waals surface area contributed by atoms with Gasteiger partial charge in [-0.25, -0.2) is 0 Å². The van der Waals surface area contributed by atoms with Gasteiger partial charge in [0.25, 0.3) is 5.56 Å². The molecule has 1 amide bonds. The third-order valence-electron chi connectivity index (χ3n) is 4.73. The Labute approximate surface area is 171 Å². The second-order valence-electron chi connectivity index (χ2n) is 7.31. The zero-order chi connectivity index (χ0) is 23.4. The van der Waals surface area contributed by atoms with Crippen LogP contribution in [0.3, 0.4) is 0 Å². The topological polar surface area (TPSA) is 60.3 Å². The summed E-state index contributed by atoms with van der Waals surface area (Å²) in [5, 5.41) is 1.70. The van der Waals surface area contributed by atoms with Crippen LogP contribution >= 0.6 is 0 Å². The number of fused-ring (bicyclic) bond motifs is 1. The van der Waals surface area contributed by atoms with Gasteiger partial charge in [-0.05, 0) is 44.5 Å². The smallest absolute Gasteiger partial charge is 0.471 e. The van der Waals surface area contributed by atoms with E-state index in [1.165, 1.54) is 32.2 Å². The number of carbonyl (C=O) groups excluding carboxylic acids is 1. The predicted octanol–water partition coefficient (Wildman–Crippen LogP) is 4.24. The van der Waals surface area contributed by atoms with Crippen molar-refractivity contribution in [3.05, 3.63) is 69.3 Å². The van der Waals surface area contributed by atoms with Crippen molar-refractivity contribution in [3.63, 3.8) is 0 Å². The first-order valence-corrected chi connectivity index (χ1v) is 8.86. The van der Waals surface area contributed by atoms with Crippen molar-refractivity contribution >= 4 is 11.6 Å². The minimum absolute atomic E-state index is 0.0775. The van der Waals surface area contributed by atoms with E-state index in [1.54, 1.807) is 5.32 Å². The van der Waals surface area contributed by atoms with E-state index in [-0.39, 0.29) is 22.6 Å². The number of rotatable bonds is 2. The highest BCUT2D eigenvalue weighted by Gasteiger charge is 2.45. The van der Waals surface area contributed by atoms with Gasteiger partial charge in [0.15, 0.2) is 0 Å². The van der Waals surface area contributed by atoms with Crippen LogP contribution in [-0.4, -0.2) is 22.3 Å². The van der Waals surface area contributed by atoms with Crippen molar-refractivity contribution in [2.24, 2.45) is 0 Å². The minimum atomic E-state index is -5.28. The molecule has 1 aromatic carbocycles. The van der Waals surface area contributed by atoms with E-state index >= 15 is 0 Å². The Bertz CT molecular complexity index is 1140. The zero-order valence-corrected chi connectivity index (χ0v) is 16.4. The van der Waals surface area contributed by atoms with E-state index in [1.807, 2.05) is 0 Å². The highest BCUT2D eigenvalue weighted by molar-refractivity contribution is 5.88. The quantitative estimate of drug-likeness (QED) is 0.703. The molecule has 1 aromatic heterocycles. The third kappa shape index (κ3) is 4.04. The fraction of sp³-hybridized carbons (Fsp3) is 0.300. The molecular weight excluding hydrogens is 430 g/mol. The number of benzene rings is 1. The van der Waals surface area contributed by atoms with Gasteiger partial charge < -0.3 is 10.1 Å². The van der Waals surface area contributed by atoms with Gasteiger partial charge in [-0.15, -0.1) is 0 Å². The molecule has 0 atom stereocenters. The largest absolute Gasteiger partial charge is 0.481 e. The number of nitrogens with one attached hydrogen (secondary N) is 1. The Hall–Kier alpha value is -3.24. The van der Waals surface area contributed by atoms with E-state index in [4.69, 9.17) is 4.74 Å². The summed E-state index contributed by atoms with van der Waals surface area (Å²) in [7, 11) is 0. The van der Waals surface area contributed by atoms with Gasteiger partial charge in [0.1, 0.15) is 11.4 Å². The molecule has 2 aromatic rings. The molecular formula is C20H16F6N2O3. The van der Waals surface area contributed by atoms with Crippen LogP contribution in [0.5, 0.6) is 5.75 Å². The summed E-state index contributed by atoms with van der Waals surface area (Å²) in [6.45, 7) is 3.76. The Kier molecular flexibility index (Phi) is 5.19. The van der Waals surface area contributed by atoms with Crippen LogP contribution in [0.2, 0.25) is 0 Å². The van der Waals surface area contributed by atoms with Crippen LogP contribution < -0.4 is 15.6 Å². The predicted molar refractivity (Wildman–Crippen MR) is 98.1 cm³/mol. The first kappa shape index (κ1) is 22.4. The molecule has 2 heterocycles. The molecule has 11 heteroatoms. The number of halogens is 6. The SMILES string of the molecule is Cc1c(C(F)(F)F)ccc2c1C(n1ccccc1=O)=C(NC(=O)C(F)(F)F)C(C)(C)O2. The average Bonchev–Trinajstić information content (AvgIpc) is 2.61. The van der Waals surface area contributed by atoms with Gasteiger partial charge in [-0.3, -0.25) is 14.2 Å². The summed E-state index contributed by atoms with van der Waals surface area (Å²) < 4.78 is 85.9. The van der Waals surface area contributed by atoms with E-state index in [9.17, 15) is 35.9 Å². The van der Waals surface area contributed by atoms with Crippen molar-refractivity contribution in [2.45, 2.75) is 38.7 Å². The minimum Gasteiger partial charge on any atom is -0.481 e. The summed E-state index contributed by atoms with van der Waals surface area (Å²) in [5.41, 5.74) is -4.86. The van der Waals surface area contributed by atoms with Crippen LogP contribution in [0.4, 0.5) is 26.3 Å². The number of hydrogen-bond donors (Lipinski definition) is 1. The van der Waals surface area contributed by atoms with Crippen molar-refractivity contribution in [1.29, 1.82) is 0 Å². The van der Waals surface area contributed by atoms with Crippen LogP contribution in [0, 0.1) is 6.92 Å². The molecule has 1 aliphatic rings. The fourth-order valence-electron chi connectivity index (χ4n) is 3.36. The van der Waals surface area contributed by atoms with E-state index in [2.05, 4.69) is 0 Å². The van der Waals surface area contributed by atoms with Crippen molar-refractivity contribution < 1.29 is 35.9 Å². The number of ether oxygens (including phenoxy) is 1. The maximum absolute atomic E-state index is 13.5. The summed E-state index contributed by atoms with van der Waals surface area (Å²) in [4.78, 5) is 24.2. The molecule has 1 aliphatic heterocycles. The second kappa shape index (κ2) is 7.17. The Morgan fingerprint density at radius 2 is 1.71 bits per heavy atom. The number of carbonyl (C=O) groups is 1. The second-order valence-corrected chi connectivity index (χ2v) is 7.31. The van der Waals surface area contributed by atoms with Gasteiger partial charge >= 0.3 is 18.3 Å². The van der Waals surface area contributed by atoms with Gasteiger partial charge in [-0.1, -0.05) is 6.07 Å². The van der Waals surface area contributed by atoms with E-state index in [0.717, 1.165) is 29.7 Å². The van der Waals surface area contributed by atoms with Gasteiger partial charge in [-0.2, -0.15) is 26.3 Å². The van der Waals surface area contributed by atoms with Crippen LogP contribution in [0.1, 0.15) is 30.5 Å². The lowest BCUT2D eigenvalue weighted by atomic mass is 9.90. The number of nitrogens with zero attached hydrogens (tertiary/aromatic N) is 1. The maximum Gasteiger partial charge on any atom is 0.471 e. The molecule has 31 heavy (non-hydrogen) atoms. The van der Waals surface area contributed by atoms with Gasteiger partial charge in [0.2, 0.25) is 0 Å². The van der Waals surface area contributed by atoms with Gasteiger partial charge in [0.05, 0.1) is 17.0 Å². The summed E-state index contributed by atoms with van der Waals surface area (Å²) in [6.07, 6.45) is -8.87. The molecule has 0 radical (unpaired) electrons. The molecule has 0 saturated carbocycles. The fourth-order valence-corrected chi connectivity index (χ4v) is 3.36. The summed E-state index contributed by atoms with van der Waals surface area (Å²) in [5.74, 6) is -2.43. The molecule has 0 unspecified atom stereocenters. The molecule has 0 saturated heterocycles. The summed E-state index contributed by atoms with van der Waals surface area (Å²) >= 11 is 0. The van der Waals surface area contributed by atoms with E-state index < -0.39 is 40.7 Å². The Balaban J connectivity index is 2.44. The van der Waals surface area contributed by atoms with Crippen molar-refractivity contribution in [3.8, 4) is 5.75 Å². The highest BCUT2D eigenvalue weighted by atomic mass is 19.4. The summed E-state index contributed by atoms with van der Waals surface area (Å²) in [6, 6.07) is 5.64. The lowest BCUT2D eigenvalue weighted by Gasteiger charge is -2.38.